The minimum atomic E-state index is -0.224. The van der Waals surface area contributed by atoms with E-state index in [1.807, 2.05) is 13.8 Å². The lowest BCUT2D eigenvalue weighted by Crippen LogP contribution is -2.05. The highest BCUT2D eigenvalue weighted by Gasteiger charge is 2.13. The molecule has 0 atom stereocenters. The minimum Gasteiger partial charge on any atom is -0.198 e. The van der Waals surface area contributed by atoms with Crippen LogP contribution in [0.3, 0.4) is 0 Å². The maximum atomic E-state index is 8.87. The van der Waals surface area contributed by atoms with Crippen LogP contribution in [0.25, 0.3) is 0 Å². The number of hydrogen-bond acceptors (Lipinski definition) is 1. The van der Waals surface area contributed by atoms with Crippen molar-refractivity contribution in [3.63, 3.8) is 0 Å². The standard InChI is InChI=1S/C14H23N/c1-12(2)7-6-8-13(3)9-10-14(4,5)11-15/h7,9H,6,8,10H2,1-5H3. The van der Waals surface area contributed by atoms with Crippen LogP contribution in [0.5, 0.6) is 0 Å². The van der Waals surface area contributed by atoms with Crippen LogP contribution in [0, 0.1) is 16.7 Å². The molecule has 0 heterocycles. The van der Waals surface area contributed by atoms with Crippen molar-refractivity contribution in [3.8, 4) is 6.07 Å². The van der Waals surface area contributed by atoms with Gasteiger partial charge in [0.2, 0.25) is 0 Å². The van der Waals surface area contributed by atoms with E-state index in [1.165, 1.54) is 11.1 Å². The lowest BCUT2D eigenvalue weighted by molar-refractivity contribution is 0.503. The molecule has 0 radical (unpaired) electrons. The SMILES string of the molecule is CC(C)=CCCC(C)=CCC(C)(C)C#N. The minimum absolute atomic E-state index is 0.224. The van der Waals surface area contributed by atoms with E-state index in [-0.39, 0.29) is 5.41 Å². The van der Waals surface area contributed by atoms with Crippen molar-refractivity contribution >= 4 is 0 Å². The molecule has 0 spiro atoms. The molecule has 15 heavy (non-hydrogen) atoms. The molecular formula is C14H23N. The van der Waals surface area contributed by atoms with Gasteiger partial charge in [0.25, 0.3) is 0 Å². The van der Waals surface area contributed by atoms with Crippen LogP contribution in [0.4, 0.5) is 0 Å². The fraction of sp³-hybridized carbons (Fsp3) is 0.643. The average molecular weight is 205 g/mol. The van der Waals surface area contributed by atoms with Gasteiger partial charge >= 0.3 is 0 Å². The Morgan fingerprint density at radius 1 is 1.20 bits per heavy atom. The third kappa shape index (κ3) is 8.00. The normalized spacial score (nSPS) is 12.1. The highest BCUT2D eigenvalue weighted by Crippen LogP contribution is 2.21. The summed E-state index contributed by atoms with van der Waals surface area (Å²) in [6, 6.07) is 2.31. The molecule has 84 valence electrons. The van der Waals surface area contributed by atoms with Crippen molar-refractivity contribution in [1.82, 2.24) is 0 Å². The van der Waals surface area contributed by atoms with Gasteiger partial charge in [-0.1, -0.05) is 23.3 Å². The molecule has 0 saturated heterocycles. The molecule has 0 aliphatic heterocycles. The van der Waals surface area contributed by atoms with E-state index in [0.29, 0.717) is 0 Å². The molecule has 0 bridgehead atoms. The Balaban J connectivity index is 4.02. The molecule has 0 N–H and O–H groups in total. The van der Waals surface area contributed by atoms with Gasteiger partial charge in [-0.2, -0.15) is 5.26 Å². The van der Waals surface area contributed by atoms with Gasteiger partial charge in [-0.05, 0) is 53.9 Å². The number of nitrogens with zero attached hydrogens (tertiary/aromatic N) is 1. The number of hydrogen-bond donors (Lipinski definition) is 0. The predicted molar refractivity (Wildman–Crippen MR) is 66.4 cm³/mol. The zero-order chi connectivity index (χ0) is 11.9. The van der Waals surface area contributed by atoms with Gasteiger partial charge in [-0.25, -0.2) is 0 Å². The zero-order valence-electron chi connectivity index (χ0n) is 10.7. The summed E-state index contributed by atoms with van der Waals surface area (Å²) in [7, 11) is 0. The molecule has 0 saturated carbocycles. The van der Waals surface area contributed by atoms with Gasteiger partial charge in [0.05, 0.1) is 11.5 Å². The maximum Gasteiger partial charge on any atom is 0.0687 e. The quantitative estimate of drug-likeness (QED) is 0.601. The van der Waals surface area contributed by atoms with Crippen molar-refractivity contribution in [2.75, 3.05) is 0 Å². The summed E-state index contributed by atoms with van der Waals surface area (Å²) in [5, 5.41) is 8.87. The van der Waals surface area contributed by atoms with E-state index in [9.17, 15) is 0 Å². The van der Waals surface area contributed by atoms with E-state index in [0.717, 1.165) is 19.3 Å². The van der Waals surface area contributed by atoms with Crippen molar-refractivity contribution in [2.24, 2.45) is 5.41 Å². The van der Waals surface area contributed by atoms with Crippen molar-refractivity contribution in [1.29, 1.82) is 5.26 Å². The first-order valence-electron chi connectivity index (χ1n) is 5.57. The second-order valence-corrected chi connectivity index (χ2v) is 5.07. The van der Waals surface area contributed by atoms with E-state index < -0.39 is 0 Å². The maximum absolute atomic E-state index is 8.87. The van der Waals surface area contributed by atoms with Crippen molar-refractivity contribution in [2.45, 2.75) is 53.9 Å². The molecule has 0 unspecified atom stereocenters. The van der Waals surface area contributed by atoms with Gasteiger partial charge in [0.1, 0.15) is 0 Å². The summed E-state index contributed by atoms with van der Waals surface area (Å²) < 4.78 is 0. The highest BCUT2D eigenvalue weighted by atomic mass is 14.3. The van der Waals surface area contributed by atoms with Crippen LogP contribution in [0.2, 0.25) is 0 Å². The van der Waals surface area contributed by atoms with Crippen LogP contribution in [-0.4, -0.2) is 0 Å². The number of nitriles is 1. The first kappa shape index (κ1) is 14.0. The summed E-state index contributed by atoms with van der Waals surface area (Å²) in [4.78, 5) is 0. The predicted octanol–water partition coefficient (Wildman–Crippen LogP) is 4.62. The van der Waals surface area contributed by atoms with Crippen LogP contribution in [0.1, 0.15) is 53.9 Å². The van der Waals surface area contributed by atoms with Gasteiger partial charge in [0, 0.05) is 0 Å². The Kier molecular flexibility index (Phi) is 6.01. The smallest absolute Gasteiger partial charge is 0.0687 e. The Hall–Kier alpha value is -1.03. The molecule has 0 aromatic rings. The highest BCUT2D eigenvalue weighted by molar-refractivity contribution is 5.06. The zero-order valence-corrected chi connectivity index (χ0v) is 10.7. The van der Waals surface area contributed by atoms with E-state index in [4.69, 9.17) is 5.26 Å². The lowest BCUT2D eigenvalue weighted by atomic mass is 9.90. The second-order valence-electron chi connectivity index (χ2n) is 5.07. The Morgan fingerprint density at radius 3 is 2.27 bits per heavy atom. The van der Waals surface area contributed by atoms with Crippen LogP contribution in [-0.2, 0) is 0 Å². The van der Waals surface area contributed by atoms with Gasteiger partial charge < -0.3 is 0 Å². The molecule has 1 nitrogen and oxygen atoms in total. The molecular weight excluding hydrogens is 182 g/mol. The van der Waals surface area contributed by atoms with E-state index in [1.54, 1.807) is 0 Å². The first-order chi connectivity index (χ1) is 6.87. The molecule has 1 heteroatoms. The van der Waals surface area contributed by atoms with Crippen LogP contribution < -0.4 is 0 Å². The fourth-order valence-corrected chi connectivity index (χ4v) is 1.17. The molecule has 0 aromatic carbocycles. The van der Waals surface area contributed by atoms with Gasteiger partial charge in [-0.15, -0.1) is 0 Å². The third-order valence-corrected chi connectivity index (χ3v) is 2.35. The molecule has 0 aromatic heterocycles. The third-order valence-electron chi connectivity index (χ3n) is 2.35. The molecule has 0 aliphatic carbocycles. The van der Waals surface area contributed by atoms with Crippen LogP contribution in [0.15, 0.2) is 23.3 Å². The van der Waals surface area contributed by atoms with Gasteiger partial charge in [-0.3, -0.25) is 0 Å². The van der Waals surface area contributed by atoms with Crippen LogP contribution >= 0.6 is 0 Å². The van der Waals surface area contributed by atoms with Gasteiger partial charge in [0.15, 0.2) is 0 Å². The Labute approximate surface area is 94.5 Å². The van der Waals surface area contributed by atoms with Crippen molar-refractivity contribution in [3.05, 3.63) is 23.3 Å². The number of rotatable bonds is 5. The van der Waals surface area contributed by atoms with E-state index >= 15 is 0 Å². The Bertz CT molecular complexity index is 283. The molecule has 0 fully saturated rings. The molecule has 0 aliphatic rings. The summed E-state index contributed by atoms with van der Waals surface area (Å²) in [6.07, 6.45) is 7.52. The summed E-state index contributed by atoms with van der Waals surface area (Å²) in [5.74, 6) is 0. The molecule has 0 rings (SSSR count). The lowest BCUT2D eigenvalue weighted by Gasteiger charge is -2.12. The average Bonchev–Trinajstić information content (AvgIpc) is 2.14. The van der Waals surface area contributed by atoms with E-state index in [2.05, 4.69) is 39.0 Å². The van der Waals surface area contributed by atoms with Crippen molar-refractivity contribution < 1.29 is 0 Å². The summed E-state index contributed by atoms with van der Waals surface area (Å²) >= 11 is 0. The topological polar surface area (TPSA) is 23.8 Å². The molecule has 0 amide bonds. The summed E-state index contributed by atoms with van der Waals surface area (Å²) in [5.41, 5.74) is 2.54. The summed E-state index contributed by atoms with van der Waals surface area (Å²) in [6.45, 7) is 10.3. The number of allylic oxidation sites excluding steroid dienone is 4. The second kappa shape index (κ2) is 6.45. The largest absolute Gasteiger partial charge is 0.198 e. The Morgan fingerprint density at radius 2 is 1.80 bits per heavy atom. The fourth-order valence-electron chi connectivity index (χ4n) is 1.17. The monoisotopic (exact) mass is 205 g/mol. The first-order valence-corrected chi connectivity index (χ1v) is 5.57.